The highest BCUT2D eigenvalue weighted by Crippen LogP contribution is 2.14. The molecule has 6 heteroatoms. The average Bonchev–Trinajstić information content (AvgIpc) is 2.85. The van der Waals surface area contributed by atoms with Crippen LogP contribution in [0.25, 0.3) is 6.08 Å². The molecule has 2 unspecified atom stereocenters. The van der Waals surface area contributed by atoms with Crippen LogP contribution in [0.5, 0.6) is 0 Å². The van der Waals surface area contributed by atoms with Crippen LogP contribution in [-0.2, 0) is 14.3 Å². The number of hydrogen-bond donors (Lipinski definition) is 2. The van der Waals surface area contributed by atoms with Crippen LogP contribution in [0.4, 0.5) is 0 Å². The van der Waals surface area contributed by atoms with Crippen molar-refractivity contribution in [2.75, 3.05) is 13.2 Å². The molecule has 20 heavy (non-hydrogen) atoms. The zero-order chi connectivity index (χ0) is 14.5. The fourth-order valence-electron chi connectivity index (χ4n) is 1.95. The number of halogens is 1. The fraction of sp³-hybridized carbons (Fsp3) is 0.286. The number of hydrogen-bond acceptors (Lipinski definition) is 3. The Bertz CT molecular complexity index is 544. The molecule has 0 spiro atoms. The third-order valence-corrected chi connectivity index (χ3v) is 3.49. The van der Waals surface area contributed by atoms with E-state index in [0.29, 0.717) is 0 Å². The first-order valence-electron chi connectivity index (χ1n) is 6.11. The first kappa shape index (κ1) is 14.7. The van der Waals surface area contributed by atoms with Gasteiger partial charge in [-0.15, -0.1) is 0 Å². The van der Waals surface area contributed by atoms with E-state index in [9.17, 15) is 9.59 Å². The lowest BCUT2D eigenvalue weighted by atomic mass is 10.0. The Kier molecular flexibility index (Phi) is 4.92. The molecular weight excluding hydrogens is 326 g/mol. The maximum absolute atomic E-state index is 11.8. The van der Waals surface area contributed by atoms with Gasteiger partial charge in [-0.3, -0.25) is 9.59 Å². The molecule has 5 nitrogen and oxygen atoms in total. The molecule has 0 aromatic heterocycles. The molecule has 2 rings (SSSR count). The van der Waals surface area contributed by atoms with E-state index in [1.807, 2.05) is 24.3 Å². The minimum Gasteiger partial charge on any atom is -0.481 e. The number of aliphatic carboxylic acids is 1. The van der Waals surface area contributed by atoms with Crippen molar-refractivity contribution in [3.05, 3.63) is 40.4 Å². The van der Waals surface area contributed by atoms with Crippen molar-refractivity contribution < 1.29 is 19.4 Å². The highest BCUT2D eigenvalue weighted by molar-refractivity contribution is 9.10. The molecule has 1 aromatic carbocycles. The topological polar surface area (TPSA) is 75.6 Å². The molecule has 1 aliphatic heterocycles. The molecule has 106 valence electrons. The summed E-state index contributed by atoms with van der Waals surface area (Å²) in [5.41, 5.74) is 0.881. The lowest BCUT2D eigenvalue weighted by Crippen LogP contribution is -2.41. The number of ether oxygens (including phenoxy) is 1. The van der Waals surface area contributed by atoms with Crippen molar-refractivity contribution >= 4 is 33.9 Å². The lowest BCUT2D eigenvalue weighted by Gasteiger charge is -2.14. The fourth-order valence-corrected chi connectivity index (χ4v) is 2.37. The Balaban J connectivity index is 1.94. The van der Waals surface area contributed by atoms with Crippen molar-refractivity contribution in [2.45, 2.75) is 6.04 Å². The number of rotatable bonds is 4. The van der Waals surface area contributed by atoms with E-state index in [2.05, 4.69) is 21.2 Å². The minimum atomic E-state index is -0.955. The van der Waals surface area contributed by atoms with Gasteiger partial charge in [0, 0.05) is 10.5 Å². The molecule has 0 aliphatic carbocycles. The molecule has 2 atom stereocenters. The van der Waals surface area contributed by atoms with Gasteiger partial charge in [0.25, 0.3) is 0 Å². The van der Waals surface area contributed by atoms with Gasteiger partial charge < -0.3 is 15.2 Å². The quantitative estimate of drug-likeness (QED) is 0.818. The van der Waals surface area contributed by atoms with Gasteiger partial charge >= 0.3 is 5.97 Å². The number of carbonyl (C=O) groups is 2. The molecule has 1 fully saturated rings. The van der Waals surface area contributed by atoms with Crippen LogP contribution in [0.3, 0.4) is 0 Å². The smallest absolute Gasteiger partial charge is 0.311 e. The van der Waals surface area contributed by atoms with E-state index in [4.69, 9.17) is 9.84 Å². The highest BCUT2D eigenvalue weighted by atomic mass is 79.9. The SMILES string of the molecule is O=C(C=Cc1cccc(Br)c1)NC1COCC1C(=O)O. The Hall–Kier alpha value is -1.66. The van der Waals surface area contributed by atoms with E-state index >= 15 is 0 Å². The summed E-state index contributed by atoms with van der Waals surface area (Å²) in [4.78, 5) is 22.7. The van der Waals surface area contributed by atoms with Crippen molar-refractivity contribution in [2.24, 2.45) is 5.92 Å². The summed E-state index contributed by atoms with van der Waals surface area (Å²) in [6, 6.07) is 7.03. The zero-order valence-corrected chi connectivity index (χ0v) is 12.2. The molecule has 0 bridgehead atoms. The normalized spacial score (nSPS) is 22.1. The molecule has 0 saturated carbocycles. The molecule has 0 radical (unpaired) electrons. The van der Waals surface area contributed by atoms with Crippen LogP contribution in [0.2, 0.25) is 0 Å². The molecule has 1 aliphatic rings. The molecular formula is C14H14BrNO4. The third kappa shape index (κ3) is 3.91. The van der Waals surface area contributed by atoms with Crippen molar-refractivity contribution in [3.8, 4) is 0 Å². The van der Waals surface area contributed by atoms with Crippen LogP contribution in [0.15, 0.2) is 34.8 Å². The summed E-state index contributed by atoms with van der Waals surface area (Å²) in [6.07, 6.45) is 3.06. The maximum Gasteiger partial charge on any atom is 0.311 e. The molecule has 1 heterocycles. The summed E-state index contributed by atoms with van der Waals surface area (Å²) < 4.78 is 6.01. The number of carboxylic acids is 1. The van der Waals surface area contributed by atoms with Crippen LogP contribution >= 0.6 is 15.9 Å². The van der Waals surface area contributed by atoms with Crippen LogP contribution in [0.1, 0.15) is 5.56 Å². The van der Waals surface area contributed by atoms with Crippen molar-refractivity contribution in [1.29, 1.82) is 0 Å². The summed E-state index contributed by atoms with van der Waals surface area (Å²) in [6.45, 7) is 0.364. The van der Waals surface area contributed by atoms with Gasteiger partial charge in [-0.25, -0.2) is 0 Å². The van der Waals surface area contributed by atoms with E-state index in [0.717, 1.165) is 10.0 Å². The third-order valence-electron chi connectivity index (χ3n) is 3.00. The Morgan fingerprint density at radius 2 is 2.20 bits per heavy atom. The predicted octanol–water partition coefficient (Wildman–Crippen LogP) is 1.68. The molecule has 1 saturated heterocycles. The maximum atomic E-state index is 11.8. The predicted molar refractivity (Wildman–Crippen MR) is 77.1 cm³/mol. The Labute approximate surface area is 124 Å². The van der Waals surface area contributed by atoms with Gasteiger partial charge in [-0.2, -0.15) is 0 Å². The zero-order valence-electron chi connectivity index (χ0n) is 10.6. The van der Waals surface area contributed by atoms with Gasteiger partial charge in [0.15, 0.2) is 0 Å². The standard InChI is InChI=1S/C14H14BrNO4/c15-10-3-1-2-9(6-10)4-5-13(17)16-12-8-20-7-11(12)14(18)19/h1-6,11-12H,7-8H2,(H,16,17)(H,18,19). The Morgan fingerprint density at radius 3 is 2.90 bits per heavy atom. The summed E-state index contributed by atoms with van der Waals surface area (Å²) in [5.74, 6) is -1.96. The average molecular weight is 340 g/mol. The second-order valence-electron chi connectivity index (χ2n) is 4.49. The number of nitrogens with one attached hydrogen (secondary N) is 1. The summed E-state index contributed by atoms with van der Waals surface area (Å²) in [5, 5.41) is 11.6. The van der Waals surface area contributed by atoms with Gasteiger partial charge in [0.2, 0.25) is 5.91 Å². The number of amides is 1. The number of carbonyl (C=O) groups excluding carboxylic acids is 1. The second-order valence-corrected chi connectivity index (χ2v) is 5.40. The minimum absolute atomic E-state index is 0.135. The largest absolute Gasteiger partial charge is 0.481 e. The second kappa shape index (κ2) is 6.67. The van der Waals surface area contributed by atoms with E-state index in [1.165, 1.54) is 6.08 Å². The molecule has 1 amide bonds. The molecule has 1 aromatic rings. The number of carboxylic acid groups (broad SMARTS) is 1. The van der Waals surface area contributed by atoms with Crippen molar-refractivity contribution in [3.63, 3.8) is 0 Å². The summed E-state index contributed by atoms with van der Waals surface area (Å²) >= 11 is 3.35. The summed E-state index contributed by atoms with van der Waals surface area (Å²) in [7, 11) is 0. The van der Waals surface area contributed by atoms with Crippen LogP contribution in [0, 0.1) is 5.92 Å². The van der Waals surface area contributed by atoms with Gasteiger partial charge in [0.1, 0.15) is 5.92 Å². The molecule has 2 N–H and O–H groups in total. The van der Waals surface area contributed by atoms with Crippen LogP contribution < -0.4 is 5.32 Å². The van der Waals surface area contributed by atoms with Gasteiger partial charge in [-0.1, -0.05) is 28.1 Å². The Morgan fingerprint density at radius 1 is 1.40 bits per heavy atom. The van der Waals surface area contributed by atoms with E-state index in [-0.39, 0.29) is 19.1 Å². The number of benzene rings is 1. The lowest BCUT2D eigenvalue weighted by molar-refractivity contribution is -0.142. The monoisotopic (exact) mass is 339 g/mol. The van der Waals surface area contributed by atoms with Gasteiger partial charge in [-0.05, 0) is 23.8 Å². The first-order valence-corrected chi connectivity index (χ1v) is 6.90. The van der Waals surface area contributed by atoms with E-state index in [1.54, 1.807) is 6.08 Å². The van der Waals surface area contributed by atoms with E-state index < -0.39 is 17.9 Å². The van der Waals surface area contributed by atoms with Gasteiger partial charge in [0.05, 0.1) is 19.3 Å². The first-order chi connectivity index (χ1) is 9.56. The van der Waals surface area contributed by atoms with Crippen LogP contribution in [-0.4, -0.2) is 36.2 Å². The van der Waals surface area contributed by atoms with Crippen molar-refractivity contribution in [1.82, 2.24) is 5.32 Å². The highest BCUT2D eigenvalue weighted by Gasteiger charge is 2.34.